The number of aromatic carboxylic acids is 1. The van der Waals surface area contributed by atoms with E-state index in [2.05, 4.69) is 4.98 Å². The molecular weight excluding hydrogens is 216 g/mol. The Hall–Kier alpha value is -2.13. The average Bonchev–Trinajstić information content (AvgIpc) is 2.85. The number of oxazole rings is 1. The molecule has 0 aliphatic rings. The fraction of sp³-hybridized carbons (Fsp3) is 0. The highest BCUT2D eigenvalue weighted by atomic mass is 32.1. The summed E-state index contributed by atoms with van der Waals surface area (Å²) in [6.45, 7) is 0. The summed E-state index contributed by atoms with van der Waals surface area (Å²) in [7, 11) is 0. The molecule has 1 N–H and O–H groups in total. The molecule has 15 heavy (non-hydrogen) atoms. The molecule has 0 amide bonds. The van der Waals surface area contributed by atoms with E-state index in [1.54, 1.807) is 0 Å². The van der Waals surface area contributed by atoms with E-state index < -0.39 is 5.97 Å². The number of carbonyl (C=O) groups is 1. The lowest BCUT2D eigenvalue weighted by atomic mass is 10.1. The number of aromatic nitrogens is 1. The van der Waals surface area contributed by atoms with Crippen molar-refractivity contribution in [1.82, 2.24) is 4.98 Å². The Labute approximate surface area is 88.2 Å². The van der Waals surface area contributed by atoms with Crippen LogP contribution in [0.4, 0.5) is 0 Å². The van der Waals surface area contributed by atoms with Gasteiger partial charge in [-0.3, -0.25) is 0 Å². The van der Waals surface area contributed by atoms with Crippen LogP contribution in [0.5, 0.6) is 0 Å². The van der Waals surface area contributed by atoms with Gasteiger partial charge in [-0.1, -0.05) is 0 Å². The molecule has 5 nitrogen and oxygen atoms in total. The predicted octanol–water partition coefficient (Wildman–Crippen LogP) is 1.97. The molecule has 0 saturated carbocycles. The van der Waals surface area contributed by atoms with Gasteiger partial charge in [0, 0.05) is 5.38 Å². The lowest BCUT2D eigenvalue weighted by Gasteiger charge is -1.94. The quantitative estimate of drug-likeness (QED) is 0.835. The predicted molar refractivity (Wildman–Crippen MR) is 51.5 cm³/mol. The van der Waals surface area contributed by atoms with E-state index in [0.717, 1.165) is 11.3 Å². The minimum atomic E-state index is -1.10. The molecule has 0 saturated heterocycles. The number of carboxylic acids is 1. The maximum Gasteiger partial charge on any atom is 0.337 e. The average molecular weight is 220 g/mol. The summed E-state index contributed by atoms with van der Waals surface area (Å²) in [6.07, 6.45) is 2.74. The monoisotopic (exact) mass is 220 g/mol. The molecule has 0 atom stereocenters. The van der Waals surface area contributed by atoms with Gasteiger partial charge in [0.15, 0.2) is 0 Å². The van der Waals surface area contributed by atoms with Crippen molar-refractivity contribution < 1.29 is 14.3 Å². The number of hydrogen-bond donors (Lipinski definition) is 1. The van der Waals surface area contributed by atoms with Crippen molar-refractivity contribution >= 4 is 17.3 Å². The second-order valence-corrected chi connectivity index (χ2v) is 3.49. The van der Waals surface area contributed by atoms with E-state index in [4.69, 9.17) is 14.8 Å². The molecule has 74 valence electrons. The van der Waals surface area contributed by atoms with Crippen LogP contribution in [0.15, 0.2) is 22.3 Å². The number of hydrogen-bond acceptors (Lipinski definition) is 5. The van der Waals surface area contributed by atoms with Gasteiger partial charge in [0.2, 0.25) is 5.89 Å². The van der Waals surface area contributed by atoms with Gasteiger partial charge in [-0.2, -0.15) is 5.26 Å². The molecule has 0 spiro atoms. The van der Waals surface area contributed by atoms with E-state index in [1.807, 2.05) is 6.07 Å². The van der Waals surface area contributed by atoms with Crippen molar-refractivity contribution in [3.05, 3.63) is 28.3 Å². The van der Waals surface area contributed by atoms with Crippen LogP contribution in [0, 0.1) is 11.3 Å². The largest absolute Gasteiger partial charge is 0.478 e. The second kappa shape index (κ2) is 3.55. The first-order valence-electron chi connectivity index (χ1n) is 3.88. The highest BCUT2D eigenvalue weighted by Gasteiger charge is 2.21. The minimum absolute atomic E-state index is 0.0407. The van der Waals surface area contributed by atoms with Crippen molar-refractivity contribution in [2.24, 2.45) is 0 Å². The van der Waals surface area contributed by atoms with Crippen LogP contribution in [-0.4, -0.2) is 16.1 Å². The van der Waals surface area contributed by atoms with Crippen molar-refractivity contribution in [3.8, 4) is 17.5 Å². The van der Waals surface area contributed by atoms with Crippen LogP contribution in [-0.2, 0) is 0 Å². The number of nitrogens with zero attached hydrogens (tertiary/aromatic N) is 2. The molecule has 0 fully saturated rings. The zero-order chi connectivity index (χ0) is 10.8. The fourth-order valence-corrected chi connectivity index (χ4v) is 1.98. The standard InChI is InChI=1S/C9H4N2O3S/c10-3-6-7(8-11-1-2-14-8)5(4-15-6)9(12)13/h1-2,4H,(H,12,13). The van der Waals surface area contributed by atoms with E-state index in [9.17, 15) is 4.79 Å². The highest BCUT2D eigenvalue weighted by Crippen LogP contribution is 2.31. The molecule has 0 radical (unpaired) electrons. The first kappa shape index (κ1) is 9.43. The summed E-state index contributed by atoms with van der Waals surface area (Å²) < 4.78 is 4.99. The minimum Gasteiger partial charge on any atom is -0.478 e. The molecule has 2 rings (SSSR count). The molecule has 0 aromatic carbocycles. The lowest BCUT2D eigenvalue weighted by molar-refractivity contribution is 0.0698. The third kappa shape index (κ3) is 1.49. The smallest absolute Gasteiger partial charge is 0.337 e. The molecule has 2 aromatic heterocycles. The van der Waals surface area contributed by atoms with E-state index in [0.29, 0.717) is 0 Å². The number of thiophene rings is 1. The molecule has 2 aromatic rings. The summed E-state index contributed by atoms with van der Waals surface area (Å²) in [4.78, 5) is 15.0. The summed E-state index contributed by atoms with van der Waals surface area (Å²) in [5, 5.41) is 19.1. The normalized spacial score (nSPS) is 9.80. The summed E-state index contributed by atoms with van der Waals surface area (Å²) in [5.74, 6) is -0.939. The maximum absolute atomic E-state index is 10.9. The molecular formula is C9H4N2O3S. The molecule has 2 heterocycles. The van der Waals surface area contributed by atoms with E-state index >= 15 is 0 Å². The Morgan fingerprint density at radius 2 is 2.47 bits per heavy atom. The summed E-state index contributed by atoms with van der Waals surface area (Å²) in [6, 6.07) is 1.91. The Morgan fingerprint density at radius 3 is 3.00 bits per heavy atom. The van der Waals surface area contributed by atoms with E-state index in [1.165, 1.54) is 17.8 Å². The van der Waals surface area contributed by atoms with Crippen molar-refractivity contribution in [1.29, 1.82) is 5.26 Å². The Morgan fingerprint density at radius 1 is 1.67 bits per heavy atom. The Balaban J connectivity index is 2.67. The van der Waals surface area contributed by atoms with Crippen molar-refractivity contribution in [3.63, 3.8) is 0 Å². The van der Waals surface area contributed by atoms with Gasteiger partial charge < -0.3 is 9.52 Å². The maximum atomic E-state index is 10.9. The first-order chi connectivity index (χ1) is 7.24. The SMILES string of the molecule is N#Cc1scc(C(=O)O)c1-c1ncco1. The van der Waals surface area contributed by atoms with Crippen molar-refractivity contribution in [2.45, 2.75) is 0 Å². The van der Waals surface area contributed by atoms with Crippen LogP contribution in [0.1, 0.15) is 15.2 Å². The number of carboxylic acid groups (broad SMARTS) is 1. The second-order valence-electron chi connectivity index (χ2n) is 2.61. The van der Waals surface area contributed by atoms with Gasteiger partial charge in [0.25, 0.3) is 0 Å². The summed E-state index contributed by atoms with van der Waals surface area (Å²) in [5.41, 5.74) is 0.291. The van der Waals surface area contributed by atoms with Crippen LogP contribution >= 0.6 is 11.3 Å². The molecule has 0 aliphatic heterocycles. The van der Waals surface area contributed by atoms with Gasteiger partial charge in [0.1, 0.15) is 17.2 Å². The molecule has 0 aliphatic carbocycles. The van der Waals surface area contributed by atoms with Gasteiger partial charge in [-0.05, 0) is 0 Å². The number of rotatable bonds is 2. The molecule has 0 unspecified atom stereocenters. The van der Waals surface area contributed by atoms with Crippen molar-refractivity contribution in [2.75, 3.05) is 0 Å². The van der Waals surface area contributed by atoms with Crippen LogP contribution in [0.3, 0.4) is 0 Å². The zero-order valence-electron chi connectivity index (χ0n) is 7.30. The van der Waals surface area contributed by atoms with Crippen LogP contribution in [0.25, 0.3) is 11.5 Å². The third-order valence-electron chi connectivity index (χ3n) is 1.77. The fourth-order valence-electron chi connectivity index (χ4n) is 1.16. The summed E-state index contributed by atoms with van der Waals surface area (Å²) >= 11 is 1.06. The number of nitriles is 1. The van der Waals surface area contributed by atoms with Gasteiger partial charge in [-0.15, -0.1) is 11.3 Å². The highest BCUT2D eigenvalue weighted by molar-refractivity contribution is 7.11. The zero-order valence-corrected chi connectivity index (χ0v) is 8.11. The Kier molecular flexibility index (Phi) is 2.23. The molecule has 6 heteroatoms. The Bertz CT molecular complexity index is 536. The van der Waals surface area contributed by atoms with Crippen LogP contribution in [0.2, 0.25) is 0 Å². The molecule has 0 bridgehead atoms. The first-order valence-corrected chi connectivity index (χ1v) is 4.76. The third-order valence-corrected chi connectivity index (χ3v) is 2.65. The topological polar surface area (TPSA) is 87.1 Å². The van der Waals surface area contributed by atoms with Gasteiger partial charge >= 0.3 is 5.97 Å². The van der Waals surface area contributed by atoms with Crippen LogP contribution < -0.4 is 0 Å². The lowest BCUT2D eigenvalue weighted by Crippen LogP contribution is -1.96. The van der Waals surface area contributed by atoms with Gasteiger partial charge in [0.05, 0.1) is 17.3 Å². The van der Waals surface area contributed by atoms with Gasteiger partial charge in [-0.25, -0.2) is 9.78 Å². The van der Waals surface area contributed by atoms with E-state index in [-0.39, 0.29) is 21.9 Å².